The third-order valence-corrected chi connectivity index (χ3v) is 3.59. The van der Waals surface area contributed by atoms with Gasteiger partial charge in [-0.25, -0.2) is 4.79 Å². The minimum absolute atomic E-state index is 0.0327. The fraction of sp³-hybridized carbons (Fsp3) is 0.231. The number of nitro groups is 1. The first kappa shape index (κ1) is 16.0. The van der Waals surface area contributed by atoms with Gasteiger partial charge in [0.05, 0.1) is 9.40 Å². The van der Waals surface area contributed by atoms with Crippen molar-refractivity contribution < 1.29 is 19.6 Å². The van der Waals surface area contributed by atoms with E-state index in [4.69, 9.17) is 0 Å². The van der Waals surface area contributed by atoms with Crippen LogP contribution in [0.2, 0.25) is 0 Å². The largest absolute Gasteiger partial charge is 0.501 e. The molecule has 1 saturated heterocycles. The summed E-state index contributed by atoms with van der Waals surface area (Å²) in [4.78, 5) is 34.9. The zero-order chi connectivity index (χ0) is 16.4. The van der Waals surface area contributed by atoms with Crippen molar-refractivity contribution in [1.29, 1.82) is 0 Å². The first-order valence-corrected chi connectivity index (χ1v) is 7.16. The molecule has 0 bridgehead atoms. The van der Waals surface area contributed by atoms with Gasteiger partial charge < -0.3 is 10.4 Å². The summed E-state index contributed by atoms with van der Waals surface area (Å²) < 4.78 is 0.121. The highest BCUT2D eigenvalue weighted by atomic mass is 79.9. The number of phenols is 1. The van der Waals surface area contributed by atoms with Crippen LogP contribution >= 0.6 is 15.9 Å². The van der Waals surface area contributed by atoms with E-state index in [9.17, 15) is 24.8 Å². The predicted molar refractivity (Wildman–Crippen MR) is 81.0 cm³/mol. The number of phenolic OH excluding ortho intramolecular Hbond substituents is 1. The zero-order valence-electron chi connectivity index (χ0n) is 11.5. The molecule has 9 heteroatoms. The number of carbonyl (C=O) groups excluding carboxylic acids is 2. The van der Waals surface area contributed by atoms with E-state index >= 15 is 0 Å². The molecule has 22 heavy (non-hydrogen) atoms. The van der Waals surface area contributed by atoms with Crippen LogP contribution in [0.4, 0.5) is 10.5 Å². The molecular weight excluding hydrogens is 358 g/mol. The van der Waals surface area contributed by atoms with Crippen LogP contribution in [0.3, 0.4) is 0 Å². The summed E-state index contributed by atoms with van der Waals surface area (Å²) in [5, 5.41) is 22.9. The number of nitrogens with one attached hydrogen (secondary N) is 1. The number of hydrogen-bond donors (Lipinski definition) is 2. The van der Waals surface area contributed by atoms with Crippen LogP contribution in [-0.2, 0) is 4.79 Å². The van der Waals surface area contributed by atoms with E-state index in [0.717, 1.165) is 11.0 Å². The van der Waals surface area contributed by atoms with Gasteiger partial charge in [-0.3, -0.25) is 19.8 Å². The van der Waals surface area contributed by atoms with Crippen molar-refractivity contribution >= 4 is 39.6 Å². The number of hydrogen-bond acceptors (Lipinski definition) is 5. The maximum Gasteiger partial charge on any atom is 0.329 e. The van der Waals surface area contributed by atoms with E-state index in [2.05, 4.69) is 21.2 Å². The highest BCUT2D eigenvalue weighted by molar-refractivity contribution is 9.10. The lowest BCUT2D eigenvalue weighted by atomic mass is 10.1. The lowest BCUT2D eigenvalue weighted by Gasteiger charge is -2.08. The molecule has 0 saturated carbocycles. The first-order chi connectivity index (χ1) is 10.3. The Morgan fingerprint density at radius 2 is 2.14 bits per heavy atom. The number of amides is 3. The second-order valence-electron chi connectivity index (χ2n) is 4.57. The molecule has 2 N–H and O–H groups in total. The Morgan fingerprint density at radius 3 is 2.73 bits per heavy atom. The molecule has 1 heterocycles. The van der Waals surface area contributed by atoms with Crippen molar-refractivity contribution in [3.05, 3.63) is 38.0 Å². The average molecular weight is 370 g/mol. The molecule has 3 amide bonds. The summed E-state index contributed by atoms with van der Waals surface area (Å²) >= 11 is 3.01. The Kier molecular flexibility index (Phi) is 4.45. The topological polar surface area (TPSA) is 113 Å². The molecule has 1 fully saturated rings. The zero-order valence-corrected chi connectivity index (χ0v) is 13.1. The summed E-state index contributed by atoms with van der Waals surface area (Å²) in [6.45, 7) is 2.13. The third-order valence-electron chi connectivity index (χ3n) is 2.98. The number of nitro benzene ring substituents is 1. The molecule has 1 aromatic carbocycles. The van der Waals surface area contributed by atoms with Crippen LogP contribution in [0, 0.1) is 10.1 Å². The number of urea groups is 1. The quantitative estimate of drug-likeness (QED) is 0.366. The highest BCUT2D eigenvalue weighted by Gasteiger charge is 2.32. The van der Waals surface area contributed by atoms with Gasteiger partial charge in [0, 0.05) is 12.6 Å². The lowest BCUT2D eigenvalue weighted by molar-refractivity contribution is -0.386. The van der Waals surface area contributed by atoms with Crippen molar-refractivity contribution in [2.75, 3.05) is 6.54 Å². The molecule has 0 radical (unpaired) electrons. The maximum atomic E-state index is 12.1. The van der Waals surface area contributed by atoms with E-state index in [-0.39, 0.29) is 10.2 Å². The SMILES string of the molecule is CCCN1C(=O)N/C(=C/c2cc(Br)c(O)c([N+](=O)[O-])c2)C1=O. The van der Waals surface area contributed by atoms with Gasteiger partial charge in [0.2, 0.25) is 5.75 Å². The van der Waals surface area contributed by atoms with Gasteiger partial charge in [-0.05, 0) is 40.1 Å². The maximum absolute atomic E-state index is 12.1. The molecule has 1 aliphatic heterocycles. The molecule has 2 rings (SSSR count). The van der Waals surface area contributed by atoms with Crippen LogP contribution in [0.1, 0.15) is 18.9 Å². The number of aromatic hydroxyl groups is 1. The summed E-state index contributed by atoms with van der Waals surface area (Å²) in [6.07, 6.45) is 1.95. The van der Waals surface area contributed by atoms with Gasteiger partial charge in [-0.2, -0.15) is 0 Å². The predicted octanol–water partition coefficient (Wildman–Crippen LogP) is 2.37. The standard InChI is InChI=1S/C13H12BrN3O5/c1-2-3-16-12(19)9(15-13(16)20)5-7-4-8(14)11(18)10(6-7)17(21)22/h4-6,18H,2-3H2,1H3,(H,15,20)/b9-5+. The summed E-state index contributed by atoms with van der Waals surface area (Å²) in [7, 11) is 0. The van der Waals surface area contributed by atoms with Crippen LogP contribution in [-0.4, -0.2) is 33.4 Å². The van der Waals surface area contributed by atoms with Crippen LogP contribution in [0.25, 0.3) is 6.08 Å². The summed E-state index contributed by atoms with van der Waals surface area (Å²) in [6, 6.07) is 2.01. The lowest BCUT2D eigenvalue weighted by Crippen LogP contribution is -2.31. The number of imide groups is 1. The van der Waals surface area contributed by atoms with Gasteiger partial charge in [0.25, 0.3) is 5.91 Å². The fourth-order valence-electron chi connectivity index (χ4n) is 1.99. The van der Waals surface area contributed by atoms with E-state index in [1.807, 2.05) is 6.92 Å². The Bertz CT molecular complexity index is 701. The Morgan fingerprint density at radius 1 is 1.45 bits per heavy atom. The normalized spacial score (nSPS) is 16.3. The fourth-order valence-corrected chi connectivity index (χ4v) is 2.46. The molecule has 1 aromatic rings. The molecule has 0 unspecified atom stereocenters. The summed E-state index contributed by atoms with van der Waals surface area (Å²) in [5.41, 5.74) is -0.160. The van der Waals surface area contributed by atoms with Gasteiger partial charge >= 0.3 is 11.7 Å². The van der Waals surface area contributed by atoms with E-state index < -0.39 is 28.3 Å². The number of benzene rings is 1. The molecule has 0 atom stereocenters. The highest BCUT2D eigenvalue weighted by Crippen LogP contribution is 2.35. The smallest absolute Gasteiger partial charge is 0.329 e. The Labute approximate surface area is 133 Å². The van der Waals surface area contributed by atoms with Crippen LogP contribution in [0.15, 0.2) is 22.3 Å². The Hall–Kier alpha value is -2.42. The molecule has 0 spiro atoms. The number of rotatable bonds is 4. The Balaban J connectivity index is 2.40. The van der Waals surface area contributed by atoms with Gasteiger partial charge in [-0.15, -0.1) is 0 Å². The minimum Gasteiger partial charge on any atom is -0.501 e. The number of carbonyl (C=O) groups is 2. The second kappa shape index (κ2) is 6.14. The van der Waals surface area contributed by atoms with Gasteiger partial charge in [-0.1, -0.05) is 6.92 Å². The average Bonchev–Trinajstić information content (AvgIpc) is 2.70. The molecular formula is C13H12BrN3O5. The monoisotopic (exact) mass is 369 g/mol. The van der Waals surface area contributed by atoms with Crippen molar-refractivity contribution in [2.24, 2.45) is 0 Å². The number of nitrogens with zero attached hydrogens (tertiary/aromatic N) is 2. The first-order valence-electron chi connectivity index (χ1n) is 6.36. The van der Waals surface area contributed by atoms with E-state index in [0.29, 0.717) is 18.5 Å². The molecule has 0 aromatic heterocycles. The third kappa shape index (κ3) is 2.93. The van der Waals surface area contributed by atoms with Crippen LogP contribution < -0.4 is 5.32 Å². The molecule has 8 nitrogen and oxygen atoms in total. The minimum atomic E-state index is -0.736. The van der Waals surface area contributed by atoms with Crippen molar-refractivity contribution in [3.8, 4) is 5.75 Å². The van der Waals surface area contributed by atoms with Crippen molar-refractivity contribution in [3.63, 3.8) is 0 Å². The van der Waals surface area contributed by atoms with Crippen LogP contribution in [0.5, 0.6) is 5.75 Å². The van der Waals surface area contributed by atoms with Gasteiger partial charge in [0.15, 0.2) is 0 Å². The van der Waals surface area contributed by atoms with Crippen molar-refractivity contribution in [2.45, 2.75) is 13.3 Å². The van der Waals surface area contributed by atoms with E-state index in [1.165, 1.54) is 12.1 Å². The molecule has 116 valence electrons. The van der Waals surface area contributed by atoms with E-state index in [1.54, 1.807) is 0 Å². The number of halogens is 1. The van der Waals surface area contributed by atoms with Gasteiger partial charge in [0.1, 0.15) is 5.70 Å². The molecule has 1 aliphatic rings. The molecule has 0 aliphatic carbocycles. The van der Waals surface area contributed by atoms with Crippen molar-refractivity contribution in [1.82, 2.24) is 10.2 Å². The second-order valence-corrected chi connectivity index (χ2v) is 5.43. The summed E-state index contributed by atoms with van der Waals surface area (Å²) in [5.74, 6) is -0.986.